The molecule has 0 bridgehead atoms. The molecule has 1 aliphatic heterocycles. The van der Waals surface area contributed by atoms with E-state index in [1.165, 1.54) is 17.4 Å². The maximum atomic E-state index is 11.0. The van der Waals surface area contributed by atoms with E-state index in [2.05, 4.69) is 0 Å². The van der Waals surface area contributed by atoms with Crippen LogP contribution >= 0.6 is 0 Å². The first-order chi connectivity index (χ1) is 6.29. The van der Waals surface area contributed by atoms with Crippen molar-refractivity contribution in [1.82, 2.24) is 0 Å². The molecule has 0 saturated carbocycles. The van der Waals surface area contributed by atoms with Gasteiger partial charge < -0.3 is 10.5 Å². The van der Waals surface area contributed by atoms with E-state index in [1.807, 2.05) is 12.1 Å². The van der Waals surface area contributed by atoms with Crippen molar-refractivity contribution in [2.75, 3.05) is 4.90 Å². The Hall–Kier alpha value is -1.97. The zero-order valence-corrected chi connectivity index (χ0v) is 6.81. The number of carbonyl (C=O) groups is 1. The molecule has 0 spiro atoms. The lowest BCUT2D eigenvalue weighted by Gasteiger charge is -2.21. The van der Waals surface area contributed by atoms with Gasteiger partial charge in [0.05, 0.1) is 5.69 Å². The minimum atomic E-state index is -0.521. The lowest BCUT2D eigenvalue weighted by molar-refractivity contribution is 0.255. The second-order valence-corrected chi connectivity index (χ2v) is 2.58. The van der Waals surface area contributed by atoms with Gasteiger partial charge in [0.2, 0.25) is 0 Å². The highest BCUT2D eigenvalue weighted by Crippen LogP contribution is 2.30. The van der Waals surface area contributed by atoms with E-state index in [0.717, 1.165) is 0 Å². The van der Waals surface area contributed by atoms with Crippen molar-refractivity contribution < 1.29 is 9.53 Å². The number of fused-ring (bicyclic) bond motifs is 1. The van der Waals surface area contributed by atoms with Crippen molar-refractivity contribution in [2.24, 2.45) is 5.73 Å². The maximum Gasteiger partial charge on any atom is 0.323 e. The Kier molecular flexibility index (Phi) is 1.66. The molecule has 2 N–H and O–H groups in total. The maximum absolute atomic E-state index is 11.0. The number of hydrogen-bond donors (Lipinski definition) is 1. The molecule has 1 aromatic rings. The van der Waals surface area contributed by atoms with E-state index in [0.29, 0.717) is 11.4 Å². The molecule has 13 heavy (non-hydrogen) atoms. The van der Waals surface area contributed by atoms with Gasteiger partial charge in [-0.1, -0.05) is 12.1 Å². The number of hydrogen-bond acceptors (Lipinski definition) is 2. The third-order valence-electron chi connectivity index (χ3n) is 1.77. The standard InChI is InChI=1S/C9H8N2O2/c10-9(12)11-5-6-13-8-4-2-1-3-7(8)11/h1-6H,(H2,10,12). The summed E-state index contributed by atoms with van der Waals surface area (Å²) in [5.74, 6) is 0.629. The second-order valence-electron chi connectivity index (χ2n) is 2.58. The highest BCUT2D eigenvalue weighted by Gasteiger charge is 2.16. The summed E-state index contributed by atoms with van der Waals surface area (Å²) in [6.07, 6.45) is 2.91. The van der Waals surface area contributed by atoms with Gasteiger partial charge in [0.1, 0.15) is 6.26 Å². The van der Waals surface area contributed by atoms with Crippen LogP contribution in [0.1, 0.15) is 0 Å². The van der Waals surface area contributed by atoms with Crippen LogP contribution in [0.15, 0.2) is 36.7 Å². The molecule has 0 saturated heterocycles. The number of benzene rings is 1. The van der Waals surface area contributed by atoms with E-state index >= 15 is 0 Å². The molecule has 0 atom stereocenters. The fourth-order valence-electron chi connectivity index (χ4n) is 1.19. The van der Waals surface area contributed by atoms with Crippen molar-refractivity contribution in [3.05, 3.63) is 36.7 Å². The van der Waals surface area contributed by atoms with Crippen molar-refractivity contribution in [3.8, 4) is 5.75 Å². The molecule has 4 nitrogen and oxygen atoms in total. The Morgan fingerprint density at radius 3 is 2.92 bits per heavy atom. The first-order valence-electron chi connectivity index (χ1n) is 3.80. The number of primary amides is 1. The van der Waals surface area contributed by atoms with Crippen LogP contribution in [0.4, 0.5) is 10.5 Å². The van der Waals surface area contributed by atoms with E-state index in [9.17, 15) is 4.79 Å². The van der Waals surface area contributed by atoms with E-state index in [4.69, 9.17) is 10.5 Å². The number of nitrogens with zero attached hydrogens (tertiary/aromatic N) is 1. The van der Waals surface area contributed by atoms with Gasteiger partial charge in [0, 0.05) is 6.20 Å². The summed E-state index contributed by atoms with van der Waals surface area (Å²) < 4.78 is 5.17. The largest absolute Gasteiger partial charge is 0.461 e. The van der Waals surface area contributed by atoms with Gasteiger partial charge in [-0.3, -0.25) is 4.90 Å². The van der Waals surface area contributed by atoms with Crippen LogP contribution in [-0.2, 0) is 0 Å². The summed E-state index contributed by atoms with van der Waals surface area (Å²) in [5, 5.41) is 0. The number of carbonyl (C=O) groups excluding carboxylic acids is 1. The molecule has 2 amide bonds. The van der Waals surface area contributed by atoms with E-state index in [1.54, 1.807) is 12.1 Å². The van der Waals surface area contributed by atoms with E-state index in [-0.39, 0.29) is 0 Å². The van der Waals surface area contributed by atoms with Gasteiger partial charge in [0.15, 0.2) is 5.75 Å². The van der Waals surface area contributed by atoms with Crippen molar-refractivity contribution in [1.29, 1.82) is 0 Å². The fourth-order valence-corrected chi connectivity index (χ4v) is 1.19. The van der Waals surface area contributed by atoms with Gasteiger partial charge >= 0.3 is 6.03 Å². The molecule has 0 aromatic heterocycles. The Labute approximate surface area is 75.2 Å². The van der Waals surface area contributed by atoms with Gasteiger partial charge in [0.25, 0.3) is 0 Å². The monoisotopic (exact) mass is 176 g/mol. The first-order valence-corrected chi connectivity index (χ1v) is 3.80. The lowest BCUT2D eigenvalue weighted by Crippen LogP contribution is -2.32. The van der Waals surface area contributed by atoms with Crippen LogP contribution in [0, 0.1) is 0 Å². The number of anilines is 1. The van der Waals surface area contributed by atoms with E-state index < -0.39 is 6.03 Å². The smallest absolute Gasteiger partial charge is 0.323 e. The first kappa shape index (κ1) is 7.67. The summed E-state index contributed by atoms with van der Waals surface area (Å²) in [5.41, 5.74) is 5.83. The van der Waals surface area contributed by atoms with Crippen molar-refractivity contribution in [2.45, 2.75) is 0 Å². The number of amides is 2. The highest BCUT2D eigenvalue weighted by atomic mass is 16.5. The number of rotatable bonds is 0. The van der Waals surface area contributed by atoms with Crippen LogP contribution in [0.25, 0.3) is 0 Å². The Morgan fingerprint density at radius 2 is 2.15 bits per heavy atom. The molecule has 1 aliphatic rings. The summed E-state index contributed by atoms with van der Waals surface area (Å²) >= 11 is 0. The molecule has 0 fully saturated rings. The molecule has 0 radical (unpaired) electrons. The van der Waals surface area contributed by atoms with Gasteiger partial charge in [-0.15, -0.1) is 0 Å². The Balaban J connectivity index is 2.48. The third kappa shape index (κ3) is 1.22. The van der Waals surface area contributed by atoms with Gasteiger partial charge in [-0.25, -0.2) is 4.79 Å². The van der Waals surface area contributed by atoms with Crippen LogP contribution < -0.4 is 15.4 Å². The zero-order valence-electron chi connectivity index (χ0n) is 6.81. The number of para-hydroxylation sites is 2. The summed E-state index contributed by atoms with van der Waals surface area (Å²) in [4.78, 5) is 12.3. The third-order valence-corrected chi connectivity index (χ3v) is 1.77. The van der Waals surface area contributed by atoms with Crippen molar-refractivity contribution >= 4 is 11.7 Å². The average Bonchev–Trinajstić information content (AvgIpc) is 2.17. The topological polar surface area (TPSA) is 55.6 Å². The number of ether oxygens (including phenoxy) is 1. The molecule has 0 unspecified atom stereocenters. The summed E-state index contributed by atoms with van der Waals surface area (Å²) in [6.45, 7) is 0. The predicted octanol–water partition coefficient (Wildman–Crippen LogP) is 1.44. The minimum Gasteiger partial charge on any atom is -0.461 e. The zero-order chi connectivity index (χ0) is 9.26. The Bertz CT molecular complexity index is 374. The molecule has 0 aliphatic carbocycles. The van der Waals surface area contributed by atoms with Crippen LogP contribution in [0.2, 0.25) is 0 Å². The Morgan fingerprint density at radius 1 is 1.38 bits per heavy atom. The summed E-state index contributed by atoms with van der Waals surface area (Å²) in [7, 11) is 0. The number of nitrogens with two attached hydrogens (primary N) is 1. The van der Waals surface area contributed by atoms with Crippen LogP contribution in [0.3, 0.4) is 0 Å². The summed E-state index contributed by atoms with van der Waals surface area (Å²) in [6, 6.07) is 6.67. The van der Waals surface area contributed by atoms with Crippen molar-refractivity contribution in [3.63, 3.8) is 0 Å². The minimum absolute atomic E-state index is 0.521. The normalized spacial score (nSPS) is 13.4. The predicted molar refractivity (Wildman–Crippen MR) is 48.3 cm³/mol. The molecule has 1 aromatic carbocycles. The SMILES string of the molecule is NC(=O)N1C=COc2ccccc21. The van der Waals surface area contributed by atoms with Crippen LogP contribution in [-0.4, -0.2) is 6.03 Å². The quantitative estimate of drug-likeness (QED) is 0.650. The molecule has 2 rings (SSSR count). The molecule has 4 heteroatoms. The van der Waals surface area contributed by atoms with Crippen LogP contribution in [0.5, 0.6) is 5.75 Å². The number of urea groups is 1. The fraction of sp³-hybridized carbons (Fsp3) is 0. The second kappa shape index (κ2) is 2.82. The molecular weight excluding hydrogens is 168 g/mol. The molecule has 1 heterocycles. The van der Waals surface area contributed by atoms with Gasteiger partial charge in [-0.2, -0.15) is 0 Å². The molecular formula is C9H8N2O2. The van der Waals surface area contributed by atoms with Gasteiger partial charge in [-0.05, 0) is 12.1 Å². The lowest BCUT2D eigenvalue weighted by atomic mass is 10.2. The average molecular weight is 176 g/mol. The molecule has 66 valence electrons. The highest BCUT2D eigenvalue weighted by molar-refractivity contribution is 5.94.